The molecule has 2 aromatic rings. The van der Waals surface area contributed by atoms with Crippen molar-refractivity contribution in [1.82, 2.24) is 20.1 Å². The molecule has 1 saturated carbocycles. The van der Waals surface area contributed by atoms with Crippen molar-refractivity contribution >= 4 is 17.7 Å². The van der Waals surface area contributed by atoms with Crippen molar-refractivity contribution in [1.29, 1.82) is 0 Å². The van der Waals surface area contributed by atoms with E-state index in [0.29, 0.717) is 25.0 Å². The second-order valence-corrected chi connectivity index (χ2v) is 8.55. The van der Waals surface area contributed by atoms with Gasteiger partial charge in [-0.2, -0.15) is 0 Å². The smallest absolute Gasteiger partial charge is 0.230 e. The first kappa shape index (κ1) is 19.1. The number of nitrogens with zero attached hydrogens (tertiary/aromatic N) is 3. The van der Waals surface area contributed by atoms with Gasteiger partial charge >= 0.3 is 0 Å². The van der Waals surface area contributed by atoms with Gasteiger partial charge in [-0.15, -0.1) is 10.2 Å². The molecule has 150 valence electrons. The summed E-state index contributed by atoms with van der Waals surface area (Å²) in [7, 11) is 0. The topological polar surface area (TPSA) is 78.3 Å². The number of fused-ring (bicyclic) bond motifs is 1. The van der Waals surface area contributed by atoms with E-state index < -0.39 is 0 Å². The largest absolute Gasteiger partial charge is 0.486 e. The molecule has 4 rings (SSSR count). The molecule has 1 aromatic carbocycles. The van der Waals surface area contributed by atoms with Gasteiger partial charge in [-0.25, -0.2) is 0 Å². The zero-order valence-corrected chi connectivity index (χ0v) is 17.3. The molecule has 0 bridgehead atoms. The van der Waals surface area contributed by atoms with E-state index in [0.717, 1.165) is 40.9 Å². The van der Waals surface area contributed by atoms with Crippen LogP contribution in [0.1, 0.15) is 50.2 Å². The molecule has 7 nitrogen and oxygen atoms in total. The van der Waals surface area contributed by atoms with Crippen LogP contribution in [0.15, 0.2) is 23.4 Å². The van der Waals surface area contributed by atoms with Crippen LogP contribution in [0.3, 0.4) is 0 Å². The molecule has 2 heterocycles. The van der Waals surface area contributed by atoms with E-state index in [1.165, 1.54) is 11.8 Å². The first-order valence-corrected chi connectivity index (χ1v) is 10.7. The minimum atomic E-state index is -0.0908. The van der Waals surface area contributed by atoms with E-state index in [2.05, 4.69) is 33.9 Å². The molecule has 0 spiro atoms. The maximum atomic E-state index is 12.7. The van der Waals surface area contributed by atoms with Crippen molar-refractivity contribution in [3.05, 3.63) is 29.6 Å². The standard InChI is InChI=1S/C20H26N4O3S/c1-12(2)19(14-4-7-16-17(10-14)27-9-8-26-16)21-18(25)11-28-20-23-22-13(3)24(20)15-5-6-15/h4,7,10,12,15,19H,5-6,8-9,11H2,1-3H3,(H,21,25)/t19-/m0/s1. The van der Waals surface area contributed by atoms with Crippen molar-refractivity contribution in [3.63, 3.8) is 0 Å². The van der Waals surface area contributed by atoms with Gasteiger partial charge in [0, 0.05) is 6.04 Å². The molecular formula is C20H26N4O3S. The lowest BCUT2D eigenvalue weighted by atomic mass is 9.95. The van der Waals surface area contributed by atoms with Gasteiger partial charge in [0.15, 0.2) is 16.7 Å². The summed E-state index contributed by atoms with van der Waals surface area (Å²) in [6.07, 6.45) is 2.33. The summed E-state index contributed by atoms with van der Waals surface area (Å²) in [5, 5.41) is 12.4. The van der Waals surface area contributed by atoms with Gasteiger partial charge in [0.25, 0.3) is 0 Å². The van der Waals surface area contributed by atoms with E-state index in [9.17, 15) is 4.79 Å². The number of hydrogen-bond donors (Lipinski definition) is 1. The fourth-order valence-electron chi connectivity index (χ4n) is 3.43. The number of aryl methyl sites for hydroxylation is 1. The minimum Gasteiger partial charge on any atom is -0.486 e. The summed E-state index contributed by atoms with van der Waals surface area (Å²) in [6, 6.07) is 6.30. The maximum Gasteiger partial charge on any atom is 0.230 e. The average Bonchev–Trinajstić information content (AvgIpc) is 3.46. The van der Waals surface area contributed by atoms with E-state index >= 15 is 0 Å². The normalized spacial score (nSPS) is 16.9. The number of amides is 1. The fraction of sp³-hybridized carbons (Fsp3) is 0.550. The molecule has 0 saturated heterocycles. The molecule has 28 heavy (non-hydrogen) atoms. The third-order valence-corrected chi connectivity index (χ3v) is 5.93. The number of hydrogen-bond acceptors (Lipinski definition) is 6. The molecule has 1 aliphatic heterocycles. The lowest BCUT2D eigenvalue weighted by Gasteiger charge is -2.25. The summed E-state index contributed by atoms with van der Waals surface area (Å²) in [5.74, 6) is 2.97. The summed E-state index contributed by atoms with van der Waals surface area (Å²) < 4.78 is 13.4. The number of carbonyl (C=O) groups excluding carboxylic acids is 1. The van der Waals surface area contributed by atoms with Gasteiger partial charge in [-0.3, -0.25) is 4.79 Å². The van der Waals surface area contributed by atoms with Crippen LogP contribution in [-0.2, 0) is 4.79 Å². The summed E-state index contributed by atoms with van der Waals surface area (Å²) in [5.41, 5.74) is 1.02. The highest BCUT2D eigenvalue weighted by molar-refractivity contribution is 7.99. The van der Waals surface area contributed by atoms with Gasteiger partial charge in [0.1, 0.15) is 19.0 Å². The second-order valence-electron chi connectivity index (χ2n) is 7.61. The van der Waals surface area contributed by atoms with Crippen molar-refractivity contribution in [2.45, 2.75) is 50.9 Å². The first-order valence-electron chi connectivity index (χ1n) is 9.76. The average molecular weight is 403 g/mol. The fourth-order valence-corrected chi connectivity index (χ4v) is 4.30. The van der Waals surface area contributed by atoms with Gasteiger partial charge < -0.3 is 19.4 Å². The van der Waals surface area contributed by atoms with Crippen LogP contribution in [0.5, 0.6) is 11.5 Å². The third-order valence-electron chi connectivity index (χ3n) is 4.99. The quantitative estimate of drug-likeness (QED) is 0.716. The van der Waals surface area contributed by atoms with Crippen molar-refractivity contribution in [2.24, 2.45) is 5.92 Å². The minimum absolute atomic E-state index is 0.0124. The van der Waals surface area contributed by atoms with Crippen LogP contribution in [-0.4, -0.2) is 39.6 Å². The SMILES string of the molecule is Cc1nnc(SCC(=O)N[C@H](c2ccc3c(c2)OCCO3)C(C)C)n1C1CC1. The molecule has 1 atom stereocenters. The highest BCUT2D eigenvalue weighted by atomic mass is 32.2. The monoisotopic (exact) mass is 402 g/mol. The van der Waals surface area contributed by atoms with E-state index in [-0.39, 0.29) is 17.9 Å². The Hall–Kier alpha value is -2.22. The molecule has 0 radical (unpaired) electrons. The Morgan fingerprint density at radius 2 is 2.00 bits per heavy atom. The lowest BCUT2D eigenvalue weighted by Crippen LogP contribution is -2.33. The Labute approximate surface area is 169 Å². The molecule has 1 N–H and O–H groups in total. The summed E-state index contributed by atoms with van der Waals surface area (Å²) >= 11 is 1.45. The predicted octanol–water partition coefficient (Wildman–Crippen LogP) is 3.30. The Morgan fingerprint density at radius 3 is 2.71 bits per heavy atom. The van der Waals surface area contributed by atoms with Gasteiger partial charge in [-0.05, 0) is 43.4 Å². The number of thioether (sulfide) groups is 1. The van der Waals surface area contributed by atoms with E-state index in [1.807, 2.05) is 25.1 Å². The highest BCUT2D eigenvalue weighted by Crippen LogP contribution is 2.38. The van der Waals surface area contributed by atoms with Crippen LogP contribution < -0.4 is 14.8 Å². The second kappa shape index (κ2) is 8.03. The highest BCUT2D eigenvalue weighted by Gasteiger charge is 2.29. The zero-order valence-electron chi connectivity index (χ0n) is 16.5. The number of benzene rings is 1. The molecule has 1 aromatic heterocycles. The third kappa shape index (κ3) is 4.11. The number of carbonyl (C=O) groups is 1. The van der Waals surface area contributed by atoms with Gasteiger partial charge in [0.2, 0.25) is 5.91 Å². The van der Waals surface area contributed by atoms with Crippen LogP contribution in [0.4, 0.5) is 0 Å². The number of nitrogens with one attached hydrogen (secondary N) is 1. The molecular weight excluding hydrogens is 376 g/mol. The van der Waals surface area contributed by atoms with Gasteiger partial charge in [-0.1, -0.05) is 31.7 Å². The van der Waals surface area contributed by atoms with E-state index in [1.54, 1.807) is 0 Å². The molecule has 2 aliphatic rings. The molecule has 1 amide bonds. The number of ether oxygens (including phenoxy) is 2. The zero-order chi connectivity index (χ0) is 19.7. The Morgan fingerprint density at radius 1 is 1.25 bits per heavy atom. The lowest BCUT2D eigenvalue weighted by molar-refractivity contribution is -0.119. The van der Waals surface area contributed by atoms with E-state index in [4.69, 9.17) is 9.47 Å². The number of aromatic nitrogens is 3. The molecule has 1 aliphatic carbocycles. The Kier molecular flexibility index (Phi) is 5.48. The predicted molar refractivity (Wildman–Crippen MR) is 107 cm³/mol. The van der Waals surface area contributed by atoms with Crippen molar-refractivity contribution in [2.75, 3.05) is 19.0 Å². The summed E-state index contributed by atoms with van der Waals surface area (Å²) in [4.78, 5) is 12.7. The van der Waals surface area contributed by atoms with Crippen LogP contribution >= 0.6 is 11.8 Å². The molecule has 0 unspecified atom stereocenters. The molecule has 1 fully saturated rings. The van der Waals surface area contributed by atoms with Crippen LogP contribution in [0.25, 0.3) is 0 Å². The van der Waals surface area contributed by atoms with Crippen LogP contribution in [0.2, 0.25) is 0 Å². The summed E-state index contributed by atoms with van der Waals surface area (Å²) in [6.45, 7) is 7.28. The first-order chi connectivity index (χ1) is 13.5. The van der Waals surface area contributed by atoms with Gasteiger partial charge in [0.05, 0.1) is 11.8 Å². The molecule has 8 heteroatoms. The van der Waals surface area contributed by atoms with Crippen molar-refractivity contribution in [3.8, 4) is 11.5 Å². The number of rotatable bonds is 7. The maximum absolute atomic E-state index is 12.7. The Balaban J connectivity index is 1.41. The Bertz CT molecular complexity index is 863. The van der Waals surface area contributed by atoms with Crippen LogP contribution in [0, 0.1) is 12.8 Å². The van der Waals surface area contributed by atoms with Crippen molar-refractivity contribution < 1.29 is 14.3 Å².